The molecule has 1 saturated carbocycles. The number of hydrogen-bond donors (Lipinski definition) is 0. The SMILES string of the molecule is CCCCCCCCCCCC(=O)N(CCBr)C1CCC1. The maximum atomic E-state index is 12.3. The van der Waals surface area contributed by atoms with E-state index < -0.39 is 0 Å². The Morgan fingerprint density at radius 1 is 1.00 bits per heavy atom. The fourth-order valence-electron chi connectivity index (χ4n) is 3.03. The summed E-state index contributed by atoms with van der Waals surface area (Å²) in [5.74, 6) is 0.391. The Balaban J connectivity index is 1.99. The molecule has 2 nitrogen and oxygen atoms in total. The fourth-order valence-corrected chi connectivity index (χ4v) is 3.41. The summed E-state index contributed by atoms with van der Waals surface area (Å²) in [5, 5.41) is 0.910. The number of nitrogens with zero attached hydrogens (tertiary/aromatic N) is 1. The van der Waals surface area contributed by atoms with Gasteiger partial charge in [-0.15, -0.1) is 0 Å². The molecule has 0 heterocycles. The van der Waals surface area contributed by atoms with Gasteiger partial charge in [-0.2, -0.15) is 0 Å². The zero-order chi connectivity index (χ0) is 15.3. The van der Waals surface area contributed by atoms with Gasteiger partial charge in [0.15, 0.2) is 0 Å². The number of amides is 1. The fraction of sp³-hybridized carbons (Fsp3) is 0.944. The van der Waals surface area contributed by atoms with E-state index in [4.69, 9.17) is 0 Å². The first-order valence-electron chi connectivity index (χ1n) is 9.15. The predicted molar refractivity (Wildman–Crippen MR) is 95.0 cm³/mol. The summed E-state index contributed by atoms with van der Waals surface area (Å²) in [6, 6.07) is 0.550. The van der Waals surface area contributed by atoms with Crippen molar-refractivity contribution in [1.82, 2.24) is 4.90 Å². The molecule has 1 rings (SSSR count). The van der Waals surface area contributed by atoms with Crippen molar-refractivity contribution < 1.29 is 4.79 Å². The number of carbonyl (C=O) groups is 1. The van der Waals surface area contributed by atoms with Crippen molar-refractivity contribution in [2.24, 2.45) is 0 Å². The highest BCUT2D eigenvalue weighted by molar-refractivity contribution is 9.09. The first kappa shape index (κ1) is 19.0. The van der Waals surface area contributed by atoms with Gasteiger partial charge >= 0.3 is 0 Å². The van der Waals surface area contributed by atoms with Gasteiger partial charge in [0.2, 0.25) is 5.91 Å². The molecule has 21 heavy (non-hydrogen) atoms. The quantitative estimate of drug-likeness (QED) is 0.305. The number of hydrogen-bond acceptors (Lipinski definition) is 1. The monoisotopic (exact) mass is 359 g/mol. The van der Waals surface area contributed by atoms with Crippen LogP contribution in [0.4, 0.5) is 0 Å². The molecule has 0 unspecified atom stereocenters. The Morgan fingerprint density at radius 3 is 2.05 bits per heavy atom. The molecule has 0 saturated heterocycles. The molecule has 1 amide bonds. The highest BCUT2D eigenvalue weighted by atomic mass is 79.9. The molecule has 0 N–H and O–H groups in total. The minimum atomic E-state index is 0.391. The lowest BCUT2D eigenvalue weighted by Crippen LogP contribution is -2.45. The lowest BCUT2D eigenvalue weighted by atomic mass is 9.91. The van der Waals surface area contributed by atoms with E-state index >= 15 is 0 Å². The van der Waals surface area contributed by atoms with Gasteiger partial charge in [-0.05, 0) is 25.7 Å². The molecule has 0 bridgehead atoms. The van der Waals surface area contributed by atoms with E-state index in [-0.39, 0.29) is 0 Å². The maximum absolute atomic E-state index is 12.3. The summed E-state index contributed by atoms with van der Waals surface area (Å²) in [7, 11) is 0. The van der Waals surface area contributed by atoms with Crippen LogP contribution in [0.25, 0.3) is 0 Å². The summed E-state index contributed by atoms with van der Waals surface area (Å²) in [6.07, 6.45) is 16.4. The number of halogens is 1. The average Bonchev–Trinajstić information content (AvgIpc) is 2.43. The van der Waals surface area contributed by atoms with Crippen molar-refractivity contribution in [1.29, 1.82) is 0 Å². The third kappa shape index (κ3) is 8.23. The second kappa shape index (κ2) is 12.5. The highest BCUT2D eigenvalue weighted by Crippen LogP contribution is 2.25. The molecule has 0 atom stereocenters. The Kier molecular flexibility index (Phi) is 11.3. The molecule has 1 aliphatic rings. The van der Waals surface area contributed by atoms with Gasteiger partial charge in [0, 0.05) is 24.3 Å². The van der Waals surface area contributed by atoms with Crippen LogP contribution in [0.3, 0.4) is 0 Å². The number of carbonyl (C=O) groups excluding carboxylic acids is 1. The van der Waals surface area contributed by atoms with Crippen molar-refractivity contribution >= 4 is 21.8 Å². The summed E-state index contributed by atoms with van der Waals surface area (Å²) in [6.45, 7) is 3.15. The van der Waals surface area contributed by atoms with E-state index in [9.17, 15) is 4.79 Å². The van der Waals surface area contributed by atoms with Crippen molar-refractivity contribution in [3.8, 4) is 0 Å². The van der Waals surface area contributed by atoms with Gasteiger partial charge in [-0.1, -0.05) is 74.2 Å². The van der Waals surface area contributed by atoms with Gasteiger partial charge in [0.05, 0.1) is 0 Å². The van der Waals surface area contributed by atoms with Crippen LogP contribution in [0.1, 0.15) is 90.4 Å². The molecule has 0 aliphatic heterocycles. The second-order valence-corrected chi connectivity index (χ2v) is 7.23. The molecule has 1 aliphatic carbocycles. The molecule has 3 heteroatoms. The van der Waals surface area contributed by atoms with E-state index in [0.717, 1.165) is 24.7 Å². The molecule has 0 radical (unpaired) electrons. The van der Waals surface area contributed by atoms with Crippen LogP contribution in [-0.4, -0.2) is 28.7 Å². The van der Waals surface area contributed by atoms with Gasteiger partial charge < -0.3 is 4.90 Å². The van der Waals surface area contributed by atoms with E-state index in [1.165, 1.54) is 70.6 Å². The Hall–Kier alpha value is -0.0500. The minimum Gasteiger partial charge on any atom is -0.339 e. The van der Waals surface area contributed by atoms with Crippen LogP contribution in [0.2, 0.25) is 0 Å². The summed E-state index contributed by atoms with van der Waals surface area (Å²) < 4.78 is 0. The normalized spacial score (nSPS) is 15.0. The largest absolute Gasteiger partial charge is 0.339 e. The number of unbranched alkanes of at least 4 members (excludes halogenated alkanes) is 8. The molecule has 1 fully saturated rings. The average molecular weight is 360 g/mol. The van der Waals surface area contributed by atoms with Crippen molar-refractivity contribution in [3.63, 3.8) is 0 Å². The Morgan fingerprint density at radius 2 is 1.57 bits per heavy atom. The van der Waals surface area contributed by atoms with Gasteiger partial charge in [0.25, 0.3) is 0 Å². The summed E-state index contributed by atoms with van der Waals surface area (Å²) >= 11 is 3.47. The zero-order valence-electron chi connectivity index (χ0n) is 13.9. The highest BCUT2D eigenvalue weighted by Gasteiger charge is 2.27. The van der Waals surface area contributed by atoms with Gasteiger partial charge in [-0.3, -0.25) is 4.79 Å². The van der Waals surface area contributed by atoms with Crippen LogP contribution in [0.15, 0.2) is 0 Å². The van der Waals surface area contributed by atoms with Crippen molar-refractivity contribution in [2.75, 3.05) is 11.9 Å². The molecule has 0 aromatic carbocycles. The summed E-state index contributed by atoms with van der Waals surface area (Å²) in [5.41, 5.74) is 0. The lowest BCUT2D eigenvalue weighted by Gasteiger charge is -2.37. The molecule has 124 valence electrons. The van der Waals surface area contributed by atoms with Gasteiger partial charge in [-0.25, -0.2) is 0 Å². The molecule has 0 aromatic rings. The van der Waals surface area contributed by atoms with Crippen molar-refractivity contribution in [3.05, 3.63) is 0 Å². The Labute approximate surface area is 140 Å². The third-order valence-corrected chi connectivity index (χ3v) is 5.01. The minimum absolute atomic E-state index is 0.391. The van der Waals surface area contributed by atoms with Crippen LogP contribution in [-0.2, 0) is 4.79 Å². The van der Waals surface area contributed by atoms with E-state index in [0.29, 0.717) is 11.9 Å². The van der Waals surface area contributed by atoms with Crippen molar-refractivity contribution in [2.45, 2.75) is 96.4 Å². The number of alkyl halides is 1. The second-order valence-electron chi connectivity index (χ2n) is 6.44. The Bertz CT molecular complexity index is 266. The third-order valence-electron chi connectivity index (χ3n) is 4.66. The topological polar surface area (TPSA) is 20.3 Å². The molecule has 0 aromatic heterocycles. The van der Waals surface area contributed by atoms with E-state index in [1.807, 2.05) is 0 Å². The zero-order valence-corrected chi connectivity index (χ0v) is 15.5. The number of rotatable bonds is 13. The first-order valence-corrected chi connectivity index (χ1v) is 10.3. The molecular formula is C18H34BrNO. The van der Waals surface area contributed by atoms with E-state index in [1.54, 1.807) is 0 Å². The maximum Gasteiger partial charge on any atom is 0.222 e. The van der Waals surface area contributed by atoms with Crippen LogP contribution in [0.5, 0.6) is 0 Å². The van der Waals surface area contributed by atoms with Crippen LogP contribution >= 0.6 is 15.9 Å². The van der Waals surface area contributed by atoms with Gasteiger partial charge in [0.1, 0.15) is 0 Å². The van der Waals surface area contributed by atoms with Crippen LogP contribution in [0, 0.1) is 0 Å². The first-order chi connectivity index (χ1) is 10.3. The molecule has 0 spiro atoms. The van der Waals surface area contributed by atoms with Crippen LogP contribution < -0.4 is 0 Å². The standard InChI is InChI=1S/C18H34BrNO/c1-2-3-4-5-6-7-8-9-10-14-18(21)20(16-15-19)17-12-11-13-17/h17H,2-16H2,1H3. The summed E-state index contributed by atoms with van der Waals surface area (Å²) in [4.78, 5) is 14.4. The lowest BCUT2D eigenvalue weighted by molar-refractivity contribution is -0.135. The molecular weight excluding hydrogens is 326 g/mol. The van der Waals surface area contributed by atoms with E-state index in [2.05, 4.69) is 27.8 Å². The smallest absolute Gasteiger partial charge is 0.222 e. The predicted octanol–water partition coefficient (Wildman–Crippen LogP) is 5.68.